The number of hydrogen-bond donors (Lipinski definition) is 2. The van der Waals surface area contributed by atoms with Crippen molar-refractivity contribution in [1.29, 1.82) is 0 Å². The standard InChI is InChI=1S/C13H14N4O2/c1-8-3-4-9(2)11(7-8)19-13-15-6-5-10(16-13)12(14)17-18/h3-7,18H,1-2H3,(H2,14,17). The molecule has 98 valence electrons. The minimum absolute atomic E-state index is 0.0896. The van der Waals surface area contributed by atoms with Gasteiger partial charge in [0.25, 0.3) is 0 Å². The molecule has 6 heteroatoms. The summed E-state index contributed by atoms with van der Waals surface area (Å²) >= 11 is 0. The van der Waals surface area contributed by atoms with E-state index in [-0.39, 0.29) is 11.8 Å². The Balaban J connectivity index is 2.31. The van der Waals surface area contributed by atoms with Crippen molar-refractivity contribution in [2.24, 2.45) is 10.9 Å². The molecule has 0 spiro atoms. The second-order valence-electron chi connectivity index (χ2n) is 4.08. The average Bonchev–Trinajstić information content (AvgIpc) is 2.42. The predicted molar refractivity (Wildman–Crippen MR) is 70.5 cm³/mol. The molecule has 0 aliphatic rings. The number of ether oxygens (including phenoxy) is 1. The monoisotopic (exact) mass is 258 g/mol. The first kappa shape index (κ1) is 12.8. The largest absolute Gasteiger partial charge is 0.424 e. The minimum atomic E-state index is -0.0896. The lowest BCUT2D eigenvalue weighted by Gasteiger charge is -2.08. The van der Waals surface area contributed by atoms with E-state index in [2.05, 4.69) is 15.1 Å². The van der Waals surface area contributed by atoms with E-state index in [0.29, 0.717) is 11.4 Å². The summed E-state index contributed by atoms with van der Waals surface area (Å²) in [6.45, 7) is 3.90. The molecule has 1 heterocycles. The van der Waals surface area contributed by atoms with Crippen LogP contribution < -0.4 is 10.5 Å². The second kappa shape index (κ2) is 5.34. The Kier molecular flexibility index (Phi) is 3.61. The van der Waals surface area contributed by atoms with Gasteiger partial charge in [-0.15, -0.1) is 0 Å². The maximum atomic E-state index is 8.61. The Morgan fingerprint density at radius 2 is 2.11 bits per heavy atom. The van der Waals surface area contributed by atoms with Gasteiger partial charge >= 0.3 is 6.01 Å². The van der Waals surface area contributed by atoms with E-state index in [1.54, 1.807) is 0 Å². The van der Waals surface area contributed by atoms with Crippen LogP contribution in [0.15, 0.2) is 35.6 Å². The molecule has 0 atom stereocenters. The van der Waals surface area contributed by atoms with Gasteiger partial charge in [-0.3, -0.25) is 0 Å². The van der Waals surface area contributed by atoms with Crippen LogP contribution in [0.5, 0.6) is 11.8 Å². The number of amidine groups is 1. The minimum Gasteiger partial charge on any atom is -0.424 e. The molecule has 19 heavy (non-hydrogen) atoms. The van der Waals surface area contributed by atoms with Crippen LogP contribution in [0.3, 0.4) is 0 Å². The molecule has 0 amide bonds. The summed E-state index contributed by atoms with van der Waals surface area (Å²) in [6, 6.07) is 7.53. The van der Waals surface area contributed by atoms with Crippen LogP contribution in [0.2, 0.25) is 0 Å². The van der Waals surface area contributed by atoms with E-state index < -0.39 is 0 Å². The molecule has 0 aliphatic carbocycles. The molecule has 3 N–H and O–H groups in total. The fourth-order valence-electron chi connectivity index (χ4n) is 1.50. The second-order valence-corrected chi connectivity index (χ2v) is 4.08. The van der Waals surface area contributed by atoms with Gasteiger partial charge in [-0.25, -0.2) is 4.98 Å². The van der Waals surface area contributed by atoms with Crippen LogP contribution >= 0.6 is 0 Å². The van der Waals surface area contributed by atoms with Crippen LogP contribution in [-0.4, -0.2) is 21.0 Å². The molecule has 6 nitrogen and oxygen atoms in total. The van der Waals surface area contributed by atoms with Gasteiger partial charge in [-0.1, -0.05) is 17.3 Å². The summed E-state index contributed by atoms with van der Waals surface area (Å²) in [7, 11) is 0. The first-order chi connectivity index (χ1) is 9.10. The summed E-state index contributed by atoms with van der Waals surface area (Å²) in [4.78, 5) is 8.06. The number of oxime groups is 1. The SMILES string of the molecule is Cc1ccc(C)c(Oc2nccc(/C(N)=N/O)n2)c1. The van der Waals surface area contributed by atoms with Crippen LogP contribution in [0, 0.1) is 13.8 Å². The summed E-state index contributed by atoms with van der Waals surface area (Å²) in [6.07, 6.45) is 1.49. The topological polar surface area (TPSA) is 93.6 Å². The van der Waals surface area contributed by atoms with E-state index in [4.69, 9.17) is 15.7 Å². The van der Waals surface area contributed by atoms with Gasteiger partial charge in [-0.05, 0) is 37.1 Å². The molecule has 0 unspecified atom stereocenters. The number of benzene rings is 1. The van der Waals surface area contributed by atoms with Crippen LogP contribution in [0.4, 0.5) is 0 Å². The molecule has 1 aromatic heterocycles. The molecule has 1 aromatic carbocycles. The van der Waals surface area contributed by atoms with Crippen molar-refractivity contribution in [3.63, 3.8) is 0 Å². The Bertz CT molecular complexity index is 626. The van der Waals surface area contributed by atoms with Gasteiger partial charge in [0, 0.05) is 6.20 Å². The quantitative estimate of drug-likeness (QED) is 0.380. The molecule has 2 aromatic rings. The van der Waals surface area contributed by atoms with E-state index in [1.807, 2.05) is 32.0 Å². The first-order valence-corrected chi connectivity index (χ1v) is 5.66. The Hall–Kier alpha value is -2.63. The summed E-state index contributed by atoms with van der Waals surface area (Å²) in [5.74, 6) is 0.588. The van der Waals surface area contributed by atoms with E-state index in [9.17, 15) is 0 Å². The maximum absolute atomic E-state index is 8.61. The van der Waals surface area contributed by atoms with Crippen LogP contribution in [-0.2, 0) is 0 Å². The zero-order chi connectivity index (χ0) is 13.8. The molecule has 0 bridgehead atoms. The van der Waals surface area contributed by atoms with Crippen molar-refractivity contribution in [3.8, 4) is 11.8 Å². The highest BCUT2D eigenvalue weighted by molar-refractivity contribution is 5.95. The third kappa shape index (κ3) is 2.98. The molecular formula is C13H14N4O2. The van der Waals surface area contributed by atoms with Crippen molar-refractivity contribution in [1.82, 2.24) is 9.97 Å². The summed E-state index contributed by atoms with van der Waals surface area (Å²) < 4.78 is 5.61. The normalized spacial score (nSPS) is 11.4. The number of aryl methyl sites for hydroxylation is 2. The zero-order valence-electron chi connectivity index (χ0n) is 10.7. The third-order valence-corrected chi connectivity index (χ3v) is 2.55. The van der Waals surface area contributed by atoms with Crippen molar-refractivity contribution in [2.45, 2.75) is 13.8 Å². The van der Waals surface area contributed by atoms with E-state index in [0.717, 1.165) is 11.1 Å². The van der Waals surface area contributed by atoms with Gasteiger partial charge in [-0.2, -0.15) is 4.98 Å². The lowest BCUT2D eigenvalue weighted by atomic mass is 10.1. The molecular weight excluding hydrogens is 244 g/mol. The molecule has 0 radical (unpaired) electrons. The van der Waals surface area contributed by atoms with Crippen molar-refractivity contribution < 1.29 is 9.94 Å². The van der Waals surface area contributed by atoms with Gasteiger partial charge < -0.3 is 15.7 Å². The zero-order valence-corrected chi connectivity index (χ0v) is 10.7. The number of hydrogen-bond acceptors (Lipinski definition) is 5. The lowest BCUT2D eigenvalue weighted by molar-refractivity contribution is 0.318. The maximum Gasteiger partial charge on any atom is 0.322 e. The van der Waals surface area contributed by atoms with Crippen LogP contribution in [0.25, 0.3) is 0 Å². The average molecular weight is 258 g/mol. The third-order valence-electron chi connectivity index (χ3n) is 2.55. The Morgan fingerprint density at radius 3 is 2.84 bits per heavy atom. The molecule has 0 fully saturated rings. The highest BCUT2D eigenvalue weighted by Gasteiger charge is 2.07. The summed E-state index contributed by atoms with van der Waals surface area (Å²) in [5, 5.41) is 11.5. The lowest BCUT2D eigenvalue weighted by Crippen LogP contribution is -2.15. The number of aromatic nitrogens is 2. The van der Waals surface area contributed by atoms with E-state index >= 15 is 0 Å². The van der Waals surface area contributed by atoms with E-state index in [1.165, 1.54) is 12.3 Å². The smallest absolute Gasteiger partial charge is 0.322 e. The van der Waals surface area contributed by atoms with Gasteiger partial charge in [0.05, 0.1) is 0 Å². The van der Waals surface area contributed by atoms with Crippen LogP contribution in [0.1, 0.15) is 16.8 Å². The Morgan fingerprint density at radius 1 is 1.32 bits per heavy atom. The fourth-order valence-corrected chi connectivity index (χ4v) is 1.50. The van der Waals surface area contributed by atoms with Crippen molar-refractivity contribution in [2.75, 3.05) is 0 Å². The van der Waals surface area contributed by atoms with Gasteiger partial charge in [0.2, 0.25) is 0 Å². The van der Waals surface area contributed by atoms with Crippen molar-refractivity contribution in [3.05, 3.63) is 47.3 Å². The van der Waals surface area contributed by atoms with Gasteiger partial charge in [0.1, 0.15) is 11.4 Å². The first-order valence-electron chi connectivity index (χ1n) is 5.66. The number of nitrogens with zero attached hydrogens (tertiary/aromatic N) is 3. The number of nitrogens with two attached hydrogens (primary N) is 1. The number of rotatable bonds is 3. The van der Waals surface area contributed by atoms with Crippen molar-refractivity contribution >= 4 is 5.84 Å². The highest BCUT2D eigenvalue weighted by Crippen LogP contribution is 2.23. The fraction of sp³-hybridized carbons (Fsp3) is 0.154. The van der Waals surface area contributed by atoms with Gasteiger partial charge in [0.15, 0.2) is 5.84 Å². The molecule has 0 aliphatic heterocycles. The predicted octanol–water partition coefficient (Wildman–Crippen LogP) is 1.98. The molecule has 0 saturated heterocycles. The molecule has 0 saturated carbocycles. The summed E-state index contributed by atoms with van der Waals surface area (Å²) in [5.41, 5.74) is 7.82. The highest BCUT2D eigenvalue weighted by atomic mass is 16.5. The molecule has 2 rings (SSSR count). The Labute approximate surface area is 110 Å².